The van der Waals surface area contributed by atoms with Gasteiger partial charge in [0.15, 0.2) is 12.6 Å². The van der Waals surface area contributed by atoms with Gasteiger partial charge in [0.25, 0.3) is 0 Å². The smallest absolute Gasteiger partial charge is 0.315 e. The van der Waals surface area contributed by atoms with E-state index in [4.69, 9.17) is 18.9 Å². The van der Waals surface area contributed by atoms with Crippen molar-refractivity contribution in [1.29, 1.82) is 0 Å². The summed E-state index contributed by atoms with van der Waals surface area (Å²) in [5.41, 5.74) is -2.12. The van der Waals surface area contributed by atoms with Crippen molar-refractivity contribution in [2.75, 3.05) is 6.61 Å². The molecule has 4 bridgehead atoms. The van der Waals surface area contributed by atoms with Gasteiger partial charge in [-0.25, -0.2) is 0 Å². The molecule has 6 rings (SSSR count). The van der Waals surface area contributed by atoms with E-state index in [0.29, 0.717) is 18.8 Å². The number of ether oxygens (including phenoxy) is 4. The van der Waals surface area contributed by atoms with Gasteiger partial charge in [0.1, 0.15) is 30.0 Å². The quantitative estimate of drug-likeness (QED) is 0.419. The Morgan fingerprint density at radius 3 is 2.56 bits per heavy atom. The summed E-state index contributed by atoms with van der Waals surface area (Å²) in [5, 5.41) is 22.2. The Hall–Kier alpha value is -1.32. The predicted molar refractivity (Wildman–Crippen MR) is 128 cm³/mol. The molecule has 0 amide bonds. The Morgan fingerprint density at radius 2 is 1.89 bits per heavy atom. The van der Waals surface area contributed by atoms with Gasteiger partial charge in [-0.1, -0.05) is 38.8 Å². The highest BCUT2D eigenvalue weighted by molar-refractivity contribution is 5.90. The van der Waals surface area contributed by atoms with Gasteiger partial charge in [-0.05, 0) is 62.7 Å². The fraction of sp³-hybridized carbons (Fsp3) is 0.857. The van der Waals surface area contributed by atoms with Crippen LogP contribution in [0, 0.1) is 45.8 Å². The number of carboxylic acids is 1. The van der Waals surface area contributed by atoms with Crippen LogP contribution in [0.1, 0.15) is 60.3 Å². The van der Waals surface area contributed by atoms with Gasteiger partial charge in [-0.2, -0.15) is 0 Å². The Labute approximate surface area is 212 Å². The lowest BCUT2D eigenvalue weighted by Crippen LogP contribution is -2.64. The van der Waals surface area contributed by atoms with Crippen LogP contribution in [0.2, 0.25) is 0 Å². The van der Waals surface area contributed by atoms with E-state index in [9.17, 15) is 19.8 Å². The normalized spacial score (nSPS) is 54.9. The number of aliphatic hydroxyl groups is 1. The maximum Gasteiger partial charge on any atom is 0.315 e. The highest BCUT2D eigenvalue weighted by Gasteiger charge is 2.84. The molecule has 2 saturated heterocycles. The zero-order chi connectivity index (χ0) is 25.8. The van der Waals surface area contributed by atoms with Gasteiger partial charge in [0, 0.05) is 5.41 Å². The van der Waals surface area contributed by atoms with E-state index >= 15 is 0 Å². The van der Waals surface area contributed by atoms with Crippen molar-refractivity contribution in [3.8, 4) is 0 Å². The van der Waals surface area contributed by atoms with Crippen LogP contribution in [0.4, 0.5) is 0 Å². The largest absolute Gasteiger partial charge is 0.481 e. The van der Waals surface area contributed by atoms with Gasteiger partial charge < -0.3 is 34.0 Å². The maximum atomic E-state index is 13.5. The summed E-state index contributed by atoms with van der Waals surface area (Å²) < 4.78 is 24.0. The first-order valence-electron chi connectivity index (χ1n) is 13.7. The molecule has 0 radical (unpaired) electrons. The number of aliphatic carboxylic acids is 1. The fourth-order valence-corrected chi connectivity index (χ4v) is 9.81. The molecule has 3 saturated carbocycles. The molecular formula is C28H40O8. The van der Waals surface area contributed by atoms with E-state index in [1.54, 1.807) is 6.92 Å². The van der Waals surface area contributed by atoms with Crippen LogP contribution in [0.5, 0.6) is 0 Å². The Balaban J connectivity index is 1.40. The minimum absolute atomic E-state index is 0.00306. The topological polar surface area (TPSA) is 112 Å². The lowest BCUT2D eigenvalue weighted by atomic mass is 9.43. The van der Waals surface area contributed by atoms with Crippen LogP contribution in [0.25, 0.3) is 0 Å². The highest BCUT2D eigenvalue weighted by atomic mass is 16.8. The lowest BCUT2D eigenvalue weighted by Gasteiger charge is -2.58. The molecule has 5 fully saturated rings. The van der Waals surface area contributed by atoms with Gasteiger partial charge in [-0.3, -0.25) is 4.79 Å². The van der Waals surface area contributed by atoms with Gasteiger partial charge in [0.05, 0.1) is 18.1 Å². The third-order valence-corrected chi connectivity index (χ3v) is 11.1. The SMILES string of the molecule is CC1O[C@H]2[C@H](O)[C@H](OCC34C[C@@H]5[C@H](C)CC[C@H]5C5(C=O)CC3C=C(C(C)C)C45C(=O)O)O[C@H](C)[C@H]2O1. The number of hydrogen-bond donors (Lipinski definition) is 2. The van der Waals surface area contributed by atoms with Crippen molar-refractivity contribution in [2.45, 2.75) is 97.3 Å². The molecule has 6 aliphatic rings. The zero-order valence-corrected chi connectivity index (χ0v) is 21.9. The number of aliphatic hydroxyl groups excluding tert-OH is 1. The molecule has 0 aromatic carbocycles. The third kappa shape index (κ3) is 2.78. The second-order valence-electron chi connectivity index (χ2n) is 12.8. The van der Waals surface area contributed by atoms with Crippen LogP contribution in [0.3, 0.4) is 0 Å². The molecule has 8 nitrogen and oxygen atoms in total. The van der Waals surface area contributed by atoms with E-state index in [1.165, 1.54) is 0 Å². The van der Waals surface area contributed by atoms with Gasteiger partial charge >= 0.3 is 5.97 Å². The van der Waals surface area contributed by atoms with Crippen molar-refractivity contribution in [2.24, 2.45) is 45.8 Å². The van der Waals surface area contributed by atoms with Gasteiger partial charge in [-0.15, -0.1) is 0 Å². The van der Waals surface area contributed by atoms with Crippen LogP contribution < -0.4 is 0 Å². The summed E-state index contributed by atoms with van der Waals surface area (Å²) in [4.78, 5) is 26.7. The van der Waals surface area contributed by atoms with E-state index in [0.717, 1.165) is 24.7 Å². The third-order valence-electron chi connectivity index (χ3n) is 11.1. The Bertz CT molecular complexity index is 979. The van der Waals surface area contributed by atoms with Crippen molar-refractivity contribution < 1.29 is 38.7 Å². The summed E-state index contributed by atoms with van der Waals surface area (Å²) in [6.45, 7) is 10.1. The van der Waals surface area contributed by atoms with Crippen LogP contribution in [0.15, 0.2) is 11.6 Å². The number of carbonyl (C=O) groups is 2. The molecule has 2 N–H and O–H groups in total. The number of hydrogen-bond acceptors (Lipinski definition) is 7. The maximum absolute atomic E-state index is 13.5. The summed E-state index contributed by atoms with van der Waals surface area (Å²) in [7, 11) is 0. The Kier molecular flexibility index (Phi) is 5.61. The summed E-state index contributed by atoms with van der Waals surface area (Å²) in [5.74, 6) is -0.179. The average Bonchev–Trinajstić information content (AvgIpc) is 3.53. The van der Waals surface area contributed by atoms with E-state index in [1.807, 2.05) is 20.8 Å². The molecule has 36 heavy (non-hydrogen) atoms. The molecule has 0 spiro atoms. The van der Waals surface area contributed by atoms with Crippen LogP contribution in [-0.4, -0.2) is 66.1 Å². The molecule has 13 atom stereocenters. The molecule has 4 aliphatic carbocycles. The second kappa shape index (κ2) is 8.09. The average molecular weight is 505 g/mol. The van der Waals surface area contributed by atoms with Crippen molar-refractivity contribution in [1.82, 2.24) is 0 Å². The zero-order valence-electron chi connectivity index (χ0n) is 21.9. The first-order chi connectivity index (χ1) is 17.0. The minimum Gasteiger partial charge on any atom is -0.481 e. The van der Waals surface area contributed by atoms with E-state index < -0.39 is 47.0 Å². The van der Waals surface area contributed by atoms with Crippen molar-refractivity contribution in [3.05, 3.63) is 11.6 Å². The minimum atomic E-state index is -1.30. The van der Waals surface area contributed by atoms with Crippen LogP contribution >= 0.6 is 0 Å². The van der Waals surface area contributed by atoms with Crippen molar-refractivity contribution >= 4 is 12.3 Å². The van der Waals surface area contributed by atoms with E-state index in [2.05, 4.69) is 13.0 Å². The molecular weight excluding hydrogens is 464 g/mol. The monoisotopic (exact) mass is 504 g/mol. The fourth-order valence-electron chi connectivity index (χ4n) is 9.81. The number of rotatable bonds is 6. The molecule has 8 heteroatoms. The molecule has 5 unspecified atom stereocenters. The number of carboxylic acid groups (broad SMARTS) is 1. The number of fused-ring (bicyclic) bond motifs is 3. The van der Waals surface area contributed by atoms with Gasteiger partial charge in [0.2, 0.25) is 0 Å². The van der Waals surface area contributed by atoms with Crippen molar-refractivity contribution in [3.63, 3.8) is 0 Å². The van der Waals surface area contributed by atoms with Crippen LogP contribution in [-0.2, 0) is 28.5 Å². The Morgan fingerprint density at radius 1 is 1.17 bits per heavy atom. The highest BCUT2D eigenvalue weighted by Crippen LogP contribution is 2.82. The predicted octanol–water partition coefficient (Wildman–Crippen LogP) is 3.16. The standard InChI is InChI=1S/C28H40O8/c1-13(2)20-8-17-9-26(11-29)19-7-6-14(3)18(19)10-27(17,28(20,26)25(31)32)12-33-24-21(30)23-22(15(4)34-24)35-16(5)36-23/h8,11,13-19,21-24,30H,6-7,9-10,12H2,1-5H3,(H,31,32)/t14-,15-,16?,17?,18-,19-,21+,22-,23+,24-,26?,27?,28?/m1/s1. The lowest BCUT2D eigenvalue weighted by molar-refractivity contribution is -0.287. The molecule has 2 aliphatic heterocycles. The number of aldehydes is 1. The summed E-state index contributed by atoms with van der Waals surface area (Å²) in [6.07, 6.45) is 2.61. The number of allylic oxidation sites excluding steroid dienone is 1. The summed E-state index contributed by atoms with van der Waals surface area (Å²) >= 11 is 0. The van der Waals surface area contributed by atoms with E-state index in [-0.39, 0.29) is 42.5 Å². The first-order valence-corrected chi connectivity index (χ1v) is 13.7. The number of carbonyl (C=O) groups excluding carboxylic acids is 1. The molecule has 0 aromatic heterocycles. The first kappa shape index (κ1) is 25.0. The molecule has 2 heterocycles. The second-order valence-corrected chi connectivity index (χ2v) is 12.8. The summed E-state index contributed by atoms with van der Waals surface area (Å²) in [6, 6.07) is 0. The molecule has 200 valence electrons. The molecule has 0 aromatic rings.